The fraction of sp³-hybridized carbons (Fsp3) is 0.562. The molecular formula is C16H24N2O. The maximum atomic E-state index is 12.2. The number of benzene rings is 1. The first-order valence-electron chi connectivity index (χ1n) is 7.16. The van der Waals surface area contributed by atoms with E-state index in [1.54, 1.807) is 0 Å². The fourth-order valence-electron chi connectivity index (χ4n) is 2.57. The summed E-state index contributed by atoms with van der Waals surface area (Å²) in [5.41, 5.74) is 1.41. The third-order valence-electron chi connectivity index (χ3n) is 4.11. The highest BCUT2D eigenvalue weighted by Crippen LogP contribution is 2.28. The number of nitrogens with zero attached hydrogens (tertiary/aromatic N) is 2. The van der Waals surface area contributed by atoms with Gasteiger partial charge in [-0.1, -0.05) is 30.3 Å². The predicted octanol–water partition coefficient (Wildman–Crippen LogP) is 3.33. The number of carbonyl (C=O) groups excluding carboxylic acids is 1. The average Bonchev–Trinajstić information content (AvgIpc) is 2.46. The van der Waals surface area contributed by atoms with Crippen molar-refractivity contribution in [3.8, 4) is 0 Å². The molecule has 1 aliphatic heterocycles. The van der Waals surface area contributed by atoms with Gasteiger partial charge in [-0.2, -0.15) is 0 Å². The monoisotopic (exact) mass is 260 g/mol. The predicted molar refractivity (Wildman–Crippen MR) is 78.3 cm³/mol. The third-order valence-corrected chi connectivity index (χ3v) is 4.11. The lowest BCUT2D eigenvalue weighted by molar-refractivity contribution is 0.139. The van der Waals surface area contributed by atoms with Crippen LogP contribution >= 0.6 is 0 Å². The molecule has 1 fully saturated rings. The van der Waals surface area contributed by atoms with Crippen molar-refractivity contribution in [2.24, 2.45) is 0 Å². The molecule has 1 saturated heterocycles. The Labute approximate surface area is 116 Å². The van der Waals surface area contributed by atoms with Crippen molar-refractivity contribution in [1.29, 1.82) is 0 Å². The van der Waals surface area contributed by atoms with Gasteiger partial charge in [0.05, 0.1) is 0 Å². The molecule has 0 atom stereocenters. The lowest BCUT2D eigenvalue weighted by atomic mass is 9.89. The van der Waals surface area contributed by atoms with E-state index in [9.17, 15) is 4.79 Å². The standard InChI is InChI=1S/C16H24N2O/c1-13(2)17(3)16(19)18-11-9-15(10-12-18)14-7-5-4-6-8-14/h4-8,13,15H,9-12H2,1-3H3. The fourth-order valence-corrected chi connectivity index (χ4v) is 2.57. The van der Waals surface area contributed by atoms with Gasteiger partial charge in [0.1, 0.15) is 0 Å². The molecule has 0 saturated carbocycles. The number of urea groups is 1. The van der Waals surface area contributed by atoms with Crippen molar-refractivity contribution < 1.29 is 4.79 Å². The highest BCUT2D eigenvalue weighted by Gasteiger charge is 2.26. The van der Waals surface area contributed by atoms with Crippen LogP contribution in [0.2, 0.25) is 0 Å². The normalized spacial score (nSPS) is 16.7. The second-order valence-corrected chi connectivity index (χ2v) is 5.66. The van der Waals surface area contributed by atoms with Crippen LogP contribution in [0.25, 0.3) is 0 Å². The molecule has 1 heterocycles. The lowest BCUT2D eigenvalue weighted by Crippen LogP contribution is -2.47. The summed E-state index contributed by atoms with van der Waals surface area (Å²) < 4.78 is 0. The van der Waals surface area contributed by atoms with Crippen molar-refractivity contribution >= 4 is 6.03 Å². The molecule has 0 spiro atoms. The Kier molecular flexibility index (Phi) is 4.46. The number of rotatable bonds is 2. The second-order valence-electron chi connectivity index (χ2n) is 5.66. The van der Waals surface area contributed by atoms with Gasteiger partial charge in [-0.25, -0.2) is 4.79 Å². The van der Waals surface area contributed by atoms with Crippen molar-refractivity contribution in [2.75, 3.05) is 20.1 Å². The molecule has 0 bridgehead atoms. The SMILES string of the molecule is CC(C)N(C)C(=O)N1CCC(c2ccccc2)CC1. The Morgan fingerprint density at radius 2 is 1.79 bits per heavy atom. The first kappa shape index (κ1) is 13.9. The summed E-state index contributed by atoms with van der Waals surface area (Å²) in [5.74, 6) is 0.606. The van der Waals surface area contributed by atoms with E-state index in [2.05, 4.69) is 44.2 Å². The maximum Gasteiger partial charge on any atom is 0.319 e. The van der Waals surface area contributed by atoms with E-state index in [-0.39, 0.29) is 12.1 Å². The Morgan fingerprint density at radius 3 is 2.32 bits per heavy atom. The average molecular weight is 260 g/mol. The molecule has 1 aromatic carbocycles. The molecule has 2 rings (SSSR count). The van der Waals surface area contributed by atoms with Crippen LogP contribution in [-0.2, 0) is 0 Å². The van der Waals surface area contributed by atoms with E-state index in [0.717, 1.165) is 25.9 Å². The van der Waals surface area contributed by atoms with Crippen LogP contribution in [0.5, 0.6) is 0 Å². The summed E-state index contributed by atoms with van der Waals surface area (Å²) in [6.45, 7) is 5.84. The minimum Gasteiger partial charge on any atom is -0.325 e. The van der Waals surface area contributed by atoms with E-state index in [4.69, 9.17) is 0 Å². The van der Waals surface area contributed by atoms with Gasteiger partial charge in [0, 0.05) is 26.2 Å². The van der Waals surface area contributed by atoms with E-state index in [0.29, 0.717) is 5.92 Å². The molecule has 3 heteroatoms. The van der Waals surface area contributed by atoms with Gasteiger partial charge < -0.3 is 9.80 Å². The molecule has 19 heavy (non-hydrogen) atoms. The van der Waals surface area contributed by atoms with E-state index < -0.39 is 0 Å². The van der Waals surface area contributed by atoms with Gasteiger partial charge in [0.25, 0.3) is 0 Å². The molecule has 0 radical (unpaired) electrons. The van der Waals surface area contributed by atoms with Crippen LogP contribution in [-0.4, -0.2) is 42.0 Å². The van der Waals surface area contributed by atoms with Crippen molar-refractivity contribution in [3.05, 3.63) is 35.9 Å². The quantitative estimate of drug-likeness (QED) is 0.800. The summed E-state index contributed by atoms with van der Waals surface area (Å²) in [4.78, 5) is 16.0. The van der Waals surface area contributed by atoms with Crippen LogP contribution in [0.4, 0.5) is 4.79 Å². The zero-order valence-electron chi connectivity index (χ0n) is 12.2. The number of likely N-dealkylation sites (tertiary alicyclic amines) is 1. The van der Waals surface area contributed by atoms with Crippen LogP contribution in [0.3, 0.4) is 0 Å². The molecule has 1 aliphatic rings. The Hall–Kier alpha value is -1.51. The molecular weight excluding hydrogens is 236 g/mol. The van der Waals surface area contributed by atoms with Crippen molar-refractivity contribution in [3.63, 3.8) is 0 Å². The highest BCUT2D eigenvalue weighted by molar-refractivity contribution is 5.74. The van der Waals surface area contributed by atoms with Gasteiger partial charge >= 0.3 is 6.03 Å². The Balaban J connectivity index is 1.91. The first-order chi connectivity index (χ1) is 9.09. The summed E-state index contributed by atoms with van der Waals surface area (Å²) in [5, 5.41) is 0. The molecule has 0 N–H and O–H groups in total. The number of amides is 2. The molecule has 0 aliphatic carbocycles. The van der Waals surface area contributed by atoms with Crippen LogP contribution in [0, 0.1) is 0 Å². The minimum atomic E-state index is 0.168. The largest absolute Gasteiger partial charge is 0.325 e. The van der Waals surface area contributed by atoms with E-state index in [1.807, 2.05) is 16.8 Å². The summed E-state index contributed by atoms with van der Waals surface area (Å²) in [6.07, 6.45) is 2.14. The van der Waals surface area contributed by atoms with Crippen molar-refractivity contribution in [1.82, 2.24) is 9.80 Å². The molecule has 0 aromatic heterocycles. The van der Waals surface area contributed by atoms with E-state index >= 15 is 0 Å². The molecule has 0 unspecified atom stereocenters. The summed E-state index contributed by atoms with van der Waals surface area (Å²) >= 11 is 0. The molecule has 2 amide bonds. The first-order valence-corrected chi connectivity index (χ1v) is 7.16. The number of piperidine rings is 1. The number of hydrogen-bond donors (Lipinski definition) is 0. The van der Waals surface area contributed by atoms with E-state index in [1.165, 1.54) is 5.56 Å². The Morgan fingerprint density at radius 1 is 1.21 bits per heavy atom. The summed E-state index contributed by atoms with van der Waals surface area (Å²) in [7, 11) is 1.89. The number of hydrogen-bond acceptors (Lipinski definition) is 1. The molecule has 104 valence electrons. The minimum absolute atomic E-state index is 0.168. The lowest BCUT2D eigenvalue weighted by Gasteiger charge is -2.36. The smallest absolute Gasteiger partial charge is 0.319 e. The highest BCUT2D eigenvalue weighted by atomic mass is 16.2. The van der Waals surface area contributed by atoms with Gasteiger partial charge in [-0.3, -0.25) is 0 Å². The van der Waals surface area contributed by atoms with Crippen LogP contribution in [0.1, 0.15) is 38.2 Å². The van der Waals surface area contributed by atoms with Crippen LogP contribution < -0.4 is 0 Å². The molecule has 1 aromatic rings. The Bertz CT molecular complexity index is 408. The maximum absolute atomic E-state index is 12.2. The zero-order valence-corrected chi connectivity index (χ0v) is 12.2. The van der Waals surface area contributed by atoms with Crippen molar-refractivity contribution in [2.45, 2.75) is 38.6 Å². The van der Waals surface area contributed by atoms with Gasteiger partial charge in [0.15, 0.2) is 0 Å². The zero-order chi connectivity index (χ0) is 13.8. The van der Waals surface area contributed by atoms with Gasteiger partial charge in [0.2, 0.25) is 0 Å². The number of carbonyl (C=O) groups is 1. The molecule has 3 nitrogen and oxygen atoms in total. The van der Waals surface area contributed by atoms with Gasteiger partial charge in [-0.15, -0.1) is 0 Å². The van der Waals surface area contributed by atoms with Crippen LogP contribution in [0.15, 0.2) is 30.3 Å². The topological polar surface area (TPSA) is 23.6 Å². The second kappa shape index (κ2) is 6.09. The summed E-state index contributed by atoms with van der Waals surface area (Å²) in [6, 6.07) is 11.1. The van der Waals surface area contributed by atoms with Gasteiger partial charge in [-0.05, 0) is 38.2 Å². The third kappa shape index (κ3) is 3.28.